The van der Waals surface area contributed by atoms with Crippen molar-refractivity contribution in [3.05, 3.63) is 78.4 Å². The molecule has 0 atom stereocenters. The van der Waals surface area contributed by atoms with Crippen molar-refractivity contribution in [2.75, 3.05) is 25.2 Å². The predicted molar refractivity (Wildman–Crippen MR) is 168 cm³/mol. The van der Waals surface area contributed by atoms with E-state index in [4.69, 9.17) is 9.47 Å². The maximum absolute atomic E-state index is 13.4. The van der Waals surface area contributed by atoms with Gasteiger partial charge < -0.3 is 14.2 Å². The zero-order valence-electron chi connectivity index (χ0n) is 25.7. The molecular weight excluding hydrogens is 564 g/mol. The zero-order valence-corrected chi connectivity index (χ0v) is 25.7. The van der Waals surface area contributed by atoms with E-state index in [1.54, 1.807) is 24.3 Å². The van der Waals surface area contributed by atoms with Gasteiger partial charge in [-0.3, -0.25) is 9.69 Å². The molecule has 0 bridgehead atoms. The molecule has 0 heterocycles. The summed E-state index contributed by atoms with van der Waals surface area (Å²) < 4.78 is 42.4. The molecule has 1 saturated carbocycles. The molecule has 8 heteroatoms. The molecule has 3 aromatic carbocycles. The Morgan fingerprint density at radius 1 is 0.886 bits per heavy atom. The lowest BCUT2D eigenvalue weighted by atomic mass is 9.86. The molecule has 44 heavy (non-hydrogen) atoms. The van der Waals surface area contributed by atoms with Gasteiger partial charge in [0.2, 0.25) is 0 Å². The van der Waals surface area contributed by atoms with E-state index in [0.29, 0.717) is 37.9 Å². The molecule has 3 aromatic rings. The van der Waals surface area contributed by atoms with Gasteiger partial charge in [0, 0.05) is 13.5 Å². The van der Waals surface area contributed by atoms with Crippen LogP contribution in [-0.2, 0) is 20.7 Å². The topological polar surface area (TPSA) is 65.1 Å². The highest BCUT2D eigenvalue weighted by molar-refractivity contribution is 6.38. The SMILES string of the molecule is COC(=O)C(=O)N(CCCCc1ccccc1)c1cc(-c2ccc(OC(C)(F)F)cc2)ccc1OCCCC1CCCCC1. The lowest BCUT2D eigenvalue weighted by Gasteiger charge is -2.25. The number of esters is 1. The molecule has 0 spiro atoms. The van der Waals surface area contributed by atoms with E-state index in [2.05, 4.69) is 16.9 Å². The number of carbonyl (C=O) groups excluding carboxylic acids is 2. The number of aryl methyl sites for hydroxylation is 1. The average molecular weight is 608 g/mol. The molecule has 0 unspecified atom stereocenters. The minimum atomic E-state index is -3.29. The molecule has 0 radical (unpaired) electrons. The summed E-state index contributed by atoms with van der Waals surface area (Å²) in [7, 11) is 1.19. The Morgan fingerprint density at radius 2 is 1.59 bits per heavy atom. The summed E-state index contributed by atoms with van der Waals surface area (Å²) in [5, 5.41) is 0. The van der Waals surface area contributed by atoms with Gasteiger partial charge in [0.25, 0.3) is 0 Å². The summed E-state index contributed by atoms with van der Waals surface area (Å²) in [6.45, 7) is 1.48. The monoisotopic (exact) mass is 607 g/mol. The number of methoxy groups -OCH3 is 1. The second kappa shape index (κ2) is 16.2. The molecular formula is C36H43F2NO5. The van der Waals surface area contributed by atoms with Crippen molar-refractivity contribution in [3.63, 3.8) is 0 Å². The lowest BCUT2D eigenvalue weighted by molar-refractivity contribution is -0.158. The molecule has 1 fully saturated rings. The number of carbonyl (C=O) groups is 2. The first kappa shape index (κ1) is 33.0. The van der Waals surface area contributed by atoms with Gasteiger partial charge in [-0.25, -0.2) is 4.79 Å². The minimum Gasteiger partial charge on any atom is -0.491 e. The molecule has 0 saturated heterocycles. The number of anilines is 1. The fourth-order valence-electron chi connectivity index (χ4n) is 5.75. The number of amides is 1. The third kappa shape index (κ3) is 10.1. The molecule has 0 N–H and O–H groups in total. The summed E-state index contributed by atoms with van der Waals surface area (Å²) in [5.74, 6) is -0.451. The Kier molecular flexibility index (Phi) is 12.2. The van der Waals surface area contributed by atoms with Crippen LogP contribution in [0.4, 0.5) is 14.5 Å². The Bertz CT molecular complexity index is 1330. The van der Waals surface area contributed by atoms with Crippen molar-refractivity contribution in [2.24, 2.45) is 5.92 Å². The Balaban J connectivity index is 1.57. The van der Waals surface area contributed by atoms with Crippen LogP contribution in [0, 0.1) is 5.92 Å². The molecule has 236 valence electrons. The van der Waals surface area contributed by atoms with E-state index in [9.17, 15) is 18.4 Å². The quantitative estimate of drug-likeness (QED) is 0.104. The zero-order chi connectivity index (χ0) is 31.4. The maximum atomic E-state index is 13.4. The number of alkyl halides is 2. The largest absolute Gasteiger partial charge is 0.491 e. The van der Waals surface area contributed by atoms with Gasteiger partial charge >= 0.3 is 18.0 Å². The highest BCUT2D eigenvalue weighted by atomic mass is 19.3. The van der Waals surface area contributed by atoms with Crippen molar-refractivity contribution in [2.45, 2.75) is 77.2 Å². The van der Waals surface area contributed by atoms with Crippen LogP contribution < -0.4 is 14.4 Å². The van der Waals surface area contributed by atoms with Crippen LogP contribution in [0.25, 0.3) is 11.1 Å². The smallest absolute Gasteiger partial charge is 0.397 e. The number of hydrogen-bond donors (Lipinski definition) is 0. The number of benzene rings is 3. The number of nitrogens with zero attached hydrogens (tertiary/aromatic N) is 1. The van der Waals surface area contributed by atoms with Crippen molar-refractivity contribution in [3.8, 4) is 22.6 Å². The van der Waals surface area contributed by atoms with Gasteiger partial charge in [-0.05, 0) is 79.0 Å². The highest BCUT2D eigenvalue weighted by Crippen LogP contribution is 2.36. The molecule has 1 aliphatic rings. The Labute approximate surface area is 259 Å². The van der Waals surface area contributed by atoms with Gasteiger partial charge in [0.15, 0.2) is 0 Å². The minimum absolute atomic E-state index is 0.0419. The van der Waals surface area contributed by atoms with Gasteiger partial charge in [-0.2, -0.15) is 8.78 Å². The molecule has 0 aromatic heterocycles. The number of halogens is 2. The number of rotatable bonds is 14. The molecule has 1 aliphatic carbocycles. The van der Waals surface area contributed by atoms with Crippen molar-refractivity contribution in [1.82, 2.24) is 0 Å². The number of ether oxygens (including phenoxy) is 3. The van der Waals surface area contributed by atoms with Crippen molar-refractivity contribution in [1.29, 1.82) is 0 Å². The number of hydrogen-bond acceptors (Lipinski definition) is 5. The van der Waals surface area contributed by atoms with Gasteiger partial charge in [-0.15, -0.1) is 0 Å². The van der Waals surface area contributed by atoms with E-state index >= 15 is 0 Å². The molecule has 6 nitrogen and oxygen atoms in total. The summed E-state index contributed by atoms with van der Waals surface area (Å²) in [6.07, 6.45) is 7.46. The van der Waals surface area contributed by atoms with Gasteiger partial charge in [0.1, 0.15) is 11.5 Å². The van der Waals surface area contributed by atoms with Gasteiger partial charge in [-0.1, -0.05) is 80.6 Å². The van der Waals surface area contributed by atoms with E-state index in [1.807, 2.05) is 24.3 Å². The maximum Gasteiger partial charge on any atom is 0.397 e. The first-order valence-corrected chi connectivity index (χ1v) is 15.6. The van der Waals surface area contributed by atoms with E-state index in [1.165, 1.54) is 61.8 Å². The van der Waals surface area contributed by atoms with Crippen LogP contribution in [0.5, 0.6) is 11.5 Å². The van der Waals surface area contributed by atoms with Crippen LogP contribution in [0.2, 0.25) is 0 Å². The second-order valence-corrected chi connectivity index (χ2v) is 11.5. The lowest BCUT2D eigenvalue weighted by Crippen LogP contribution is -2.38. The van der Waals surface area contributed by atoms with Gasteiger partial charge in [0.05, 0.1) is 19.4 Å². The molecule has 4 rings (SSSR count). The van der Waals surface area contributed by atoms with Crippen LogP contribution >= 0.6 is 0 Å². The Hall–Kier alpha value is -3.94. The van der Waals surface area contributed by atoms with E-state index in [-0.39, 0.29) is 5.75 Å². The van der Waals surface area contributed by atoms with E-state index < -0.39 is 18.0 Å². The summed E-state index contributed by atoms with van der Waals surface area (Å²) >= 11 is 0. The van der Waals surface area contributed by atoms with Crippen LogP contribution in [-0.4, -0.2) is 38.2 Å². The number of unbranched alkanes of at least 4 members (excludes halogenated alkanes) is 1. The predicted octanol–water partition coefficient (Wildman–Crippen LogP) is 8.61. The third-order valence-corrected chi connectivity index (χ3v) is 8.02. The van der Waals surface area contributed by atoms with Crippen LogP contribution in [0.1, 0.15) is 70.3 Å². The first-order valence-electron chi connectivity index (χ1n) is 15.6. The fourth-order valence-corrected chi connectivity index (χ4v) is 5.75. The second-order valence-electron chi connectivity index (χ2n) is 11.5. The molecule has 0 aliphatic heterocycles. The Morgan fingerprint density at radius 3 is 2.27 bits per heavy atom. The van der Waals surface area contributed by atoms with Crippen molar-refractivity contribution < 1.29 is 32.6 Å². The first-order chi connectivity index (χ1) is 21.2. The van der Waals surface area contributed by atoms with Crippen LogP contribution in [0.15, 0.2) is 72.8 Å². The molecule has 1 amide bonds. The van der Waals surface area contributed by atoms with Crippen LogP contribution in [0.3, 0.4) is 0 Å². The van der Waals surface area contributed by atoms with Crippen molar-refractivity contribution >= 4 is 17.6 Å². The third-order valence-electron chi connectivity index (χ3n) is 8.02. The normalized spacial score (nSPS) is 13.7. The summed E-state index contributed by atoms with van der Waals surface area (Å²) in [5.41, 5.74) is 3.14. The van der Waals surface area contributed by atoms with E-state index in [0.717, 1.165) is 42.7 Å². The summed E-state index contributed by atoms with van der Waals surface area (Å²) in [6, 6.07) is 21.9. The fraction of sp³-hybridized carbons (Fsp3) is 0.444. The summed E-state index contributed by atoms with van der Waals surface area (Å²) in [4.78, 5) is 27.3. The highest BCUT2D eigenvalue weighted by Gasteiger charge is 2.27. The average Bonchev–Trinajstić information content (AvgIpc) is 3.03. The standard InChI is InChI=1S/C36H43F2NO5/c1-36(37,38)44-31-21-18-29(19-22-31)30-20-23-33(43-25-11-17-28-14-7-4-8-15-28)32(26-30)39(34(40)35(41)42-2)24-10-9-16-27-12-5-3-6-13-27/h3,5-6,12-13,18-23,26,28H,4,7-11,14-17,24-25H2,1-2H3.